The van der Waals surface area contributed by atoms with Crippen molar-refractivity contribution < 1.29 is 9.53 Å². The summed E-state index contributed by atoms with van der Waals surface area (Å²) < 4.78 is 8.99. The maximum absolute atomic E-state index is 13.2. The van der Waals surface area contributed by atoms with Gasteiger partial charge in [-0.05, 0) is 36.1 Å². The Morgan fingerprint density at radius 1 is 1.13 bits per heavy atom. The number of nitrogens with zero attached hydrogens (tertiary/aromatic N) is 4. The summed E-state index contributed by atoms with van der Waals surface area (Å²) in [6, 6.07) is 16.9. The molecule has 1 aliphatic heterocycles. The van der Waals surface area contributed by atoms with E-state index in [9.17, 15) is 9.59 Å². The third-order valence-corrected chi connectivity index (χ3v) is 5.40. The van der Waals surface area contributed by atoms with Crippen LogP contribution in [0.1, 0.15) is 36.8 Å². The summed E-state index contributed by atoms with van der Waals surface area (Å²) >= 11 is 0. The van der Waals surface area contributed by atoms with Crippen molar-refractivity contribution in [2.75, 3.05) is 13.2 Å². The molecular formula is C24H28N4O3. The smallest absolute Gasteiger partial charge is 0.346 e. The molecule has 162 valence electrons. The second-order valence-electron chi connectivity index (χ2n) is 8.37. The van der Waals surface area contributed by atoms with Crippen molar-refractivity contribution in [2.45, 2.75) is 39.9 Å². The third-order valence-electron chi connectivity index (χ3n) is 5.40. The van der Waals surface area contributed by atoms with Crippen molar-refractivity contribution in [3.05, 3.63) is 82.0 Å². The highest BCUT2D eigenvalue weighted by atomic mass is 16.5. The number of ether oxygens (including phenoxy) is 1. The second kappa shape index (κ2) is 8.79. The number of carbonyl (C=O) groups excluding carboxylic acids is 1. The highest BCUT2D eigenvalue weighted by Crippen LogP contribution is 2.30. The Bertz CT molecular complexity index is 1120. The molecule has 1 atom stereocenters. The van der Waals surface area contributed by atoms with Crippen molar-refractivity contribution in [3.8, 4) is 5.75 Å². The van der Waals surface area contributed by atoms with Crippen LogP contribution in [0.4, 0.5) is 0 Å². The topological polar surface area (TPSA) is 69.4 Å². The lowest BCUT2D eigenvalue weighted by Crippen LogP contribution is -2.46. The van der Waals surface area contributed by atoms with Gasteiger partial charge in [0.05, 0.1) is 0 Å². The lowest BCUT2D eigenvalue weighted by atomic mass is 10.0. The van der Waals surface area contributed by atoms with Crippen molar-refractivity contribution >= 4 is 5.91 Å². The largest absolute Gasteiger partial charge is 0.484 e. The molecule has 1 unspecified atom stereocenters. The van der Waals surface area contributed by atoms with Gasteiger partial charge in [-0.3, -0.25) is 9.36 Å². The van der Waals surface area contributed by atoms with E-state index in [0.717, 1.165) is 11.1 Å². The number of carbonyl (C=O) groups is 1. The Morgan fingerprint density at radius 3 is 2.61 bits per heavy atom. The molecule has 0 saturated heterocycles. The number of benzene rings is 2. The first-order valence-electron chi connectivity index (χ1n) is 10.7. The first kappa shape index (κ1) is 20.9. The lowest BCUT2D eigenvalue weighted by Gasteiger charge is -2.35. The van der Waals surface area contributed by atoms with E-state index >= 15 is 0 Å². The van der Waals surface area contributed by atoms with Crippen LogP contribution in [-0.2, 0) is 17.9 Å². The van der Waals surface area contributed by atoms with Crippen LogP contribution in [0, 0.1) is 12.8 Å². The first-order chi connectivity index (χ1) is 14.9. The van der Waals surface area contributed by atoms with Crippen LogP contribution in [0.2, 0.25) is 0 Å². The zero-order chi connectivity index (χ0) is 22.0. The Hall–Kier alpha value is -3.35. The van der Waals surface area contributed by atoms with Gasteiger partial charge in [0.15, 0.2) is 12.4 Å². The van der Waals surface area contributed by atoms with Crippen LogP contribution in [-0.4, -0.2) is 38.3 Å². The number of amides is 1. The monoisotopic (exact) mass is 420 g/mol. The Balaban J connectivity index is 1.65. The predicted molar refractivity (Wildman–Crippen MR) is 118 cm³/mol. The molecule has 4 rings (SSSR count). The minimum atomic E-state index is -0.426. The number of fused-ring (bicyclic) bond motifs is 1. The van der Waals surface area contributed by atoms with Gasteiger partial charge in [-0.2, -0.15) is 5.10 Å². The average molecular weight is 421 g/mol. The molecule has 2 aromatic carbocycles. The fourth-order valence-electron chi connectivity index (χ4n) is 3.98. The van der Waals surface area contributed by atoms with E-state index in [1.165, 1.54) is 4.68 Å². The van der Waals surface area contributed by atoms with Crippen molar-refractivity contribution in [1.82, 2.24) is 19.2 Å². The van der Waals surface area contributed by atoms with Gasteiger partial charge in [0.2, 0.25) is 0 Å². The highest BCUT2D eigenvalue weighted by molar-refractivity contribution is 5.79. The first-order valence-corrected chi connectivity index (χ1v) is 10.7. The van der Waals surface area contributed by atoms with E-state index in [-0.39, 0.29) is 18.2 Å². The van der Waals surface area contributed by atoms with E-state index in [2.05, 4.69) is 18.9 Å². The van der Waals surface area contributed by atoms with Gasteiger partial charge in [0, 0.05) is 19.6 Å². The second-order valence-corrected chi connectivity index (χ2v) is 8.37. The van der Waals surface area contributed by atoms with Gasteiger partial charge in [0.1, 0.15) is 11.8 Å². The number of hydrogen-bond donors (Lipinski definition) is 0. The number of hydrogen-bond acceptors (Lipinski definition) is 4. The summed E-state index contributed by atoms with van der Waals surface area (Å²) in [5.74, 6) is 1.43. The SMILES string of the molecule is Cc1cccc(OCC(=O)N2CCn3c(nn(CC(C)C)c3=O)C2c2ccccc2)c1. The molecule has 7 nitrogen and oxygen atoms in total. The van der Waals surface area contributed by atoms with Crippen LogP contribution in [0.3, 0.4) is 0 Å². The third kappa shape index (κ3) is 4.40. The molecule has 0 aliphatic carbocycles. The fraction of sp³-hybridized carbons (Fsp3) is 0.375. The molecule has 1 amide bonds. The normalized spacial score (nSPS) is 15.7. The zero-order valence-electron chi connectivity index (χ0n) is 18.2. The summed E-state index contributed by atoms with van der Waals surface area (Å²) in [6.45, 7) is 7.42. The maximum Gasteiger partial charge on any atom is 0.346 e. The summed E-state index contributed by atoms with van der Waals surface area (Å²) in [5.41, 5.74) is 1.88. The Kier molecular flexibility index (Phi) is 5.93. The van der Waals surface area contributed by atoms with Crippen molar-refractivity contribution in [3.63, 3.8) is 0 Å². The molecule has 0 spiro atoms. The van der Waals surface area contributed by atoms with Crippen LogP contribution in [0.15, 0.2) is 59.4 Å². The van der Waals surface area contributed by atoms with Gasteiger partial charge in [-0.1, -0.05) is 56.3 Å². The molecule has 0 fully saturated rings. The zero-order valence-corrected chi connectivity index (χ0v) is 18.2. The molecule has 1 aliphatic rings. The van der Waals surface area contributed by atoms with Gasteiger partial charge in [0.25, 0.3) is 5.91 Å². The summed E-state index contributed by atoms with van der Waals surface area (Å²) in [7, 11) is 0. The molecular weight excluding hydrogens is 392 g/mol. The quantitative estimate of drug-likeness (QED) is 0.615. The van der Waals surface area contributed by atoms with Crippen molar-refractivity contribution in [2.24, 2.45) is 5.92 Å². The molecule has 7 heteroatoms. The molecule has 0 bridgehead atoms. The van der Waals surface area contributed by atoms with E-state index in [1.807, 2.05) is 61.5 Å². The number of rotatable bonds is 6. The maximum atomic E-state index is 13.2. The average Bonchev–Trinajstić information content (AvgIpc) is 3.07. The number of aromatic nitrogens is 3. The minimum Gasteiger partial charge on any atom is -0.484 e. The predicted octanol–water partition coefficient (Wildman–Crippen LogP) is 3.02. The standard InChI is InChI=1S/C24H28N4O3/c1-17(2)15-28-24(30)27-13-12-26(21(29)16-31-20-11-7-8-18(3)14-20)22(23(27)25-28)19-9-5-4-6-10-19/h4-11,14,17,22H,12-13,15-16H2,1-3H3. The summed E-state index contributed by atoms with van der Waals surface area (Å²) in [4.78, 5) is 27.8. The molecule has 0 saturated carbocycles. The Morgan fingerprint density at radius 2 is 1.90 bits per heavy atom. The molecule has 1 aromatic heterocycles. The van der Waals surface area contributed by atoms with E-state index in [1.54, 1.807) is 9.47 Å². The number of aryl methyl sites for hydroxylation is 1. The fourth-order valence-corrected chi connectivity index (χ4v) is 3.98. The van der Waals surface area contributed by atoms with Crippen molar-refractivity contribution in [1.29, 1.82) is 0 Å². The lowest BCUT2D eigenvalue weighted by molar-refractivity contribution is -0.136. The minimum absolute atomic E-state index is 0.0658. The molecule has 0 N–H and O–H groups in total. The Labute approximate surface area is 181 Å². The molecule has 31 heavy (non-hydrogen) atoms. The molecule has 3 aromatic rings. The van der Waals surface area contributed by atoms with Gasteiger partial charge < -0.3 is 9.64 Å². The van der Waals surface area contributed by atoms with Crippen LogP contribution in [0.5, 0.6) is 5.75 Å². The van der Waals surface area contributed by atoms with E-state index in [4.69, 9.17) is 4.74 Å². The molecule has 0 radical (unpaired) electrons. The van der Waals surface area contributed by atoms with Crippen LogP contribution < -0.4 is 10.4 Å². The van der Waals surface area contributed by atoms with Crippen LogP contribution in [0.25, 0.3) is 0 Å². The van der Waals surface area contributed by atoms with E-state index in [0.29, 0.717) is 37.1 Å². The highest BCUT2D eigenvalue weighted by Gasteiger charge is 2.36. The van der Waals surface area contributed by atoms with Crippen LogP contribution >= 0.6 is 0 Å². The van der Waals surface area contributed by atoms with E-state index < -0.39 is 6.04 Å². The summed E-state index contributed by atoms with van der Waals surface area (Å²) in [6.07, 6.45) is 0. The van der Waals surface area contributed by atoms with Gasteiger partial charge in [-0.25, -0.2) is 9.48 Å². The molecule has 2 heterocycles. The summed E-state index contributed by atoms with van der Waals surface area (Å²) in [5, 5.41) is 4.64. The van der Waals surface area contributed by atoms with Gasteiger partial charge in [-0.15, -0.1) is 0 Å². The van der Waals surface area contributed by atoms with Gasteiger partial charge >= 0.3 is 5.69 Å².